The van der Waals surface area contributed by atoms with Gasteiger partial charge in [0.05, 0.1) is 14.2 Å². The van der Waals surface area contributed by atoms with E-state index < -0.39 is 0 Å². The number of thioether (sulfide) groups is 1. The molecule has 0 bridgehead atoms. The minimum Gasteiger partial charge on any atom is -0.497 e. The van der Waals surface area contributed by atoms with Crippen LogP contribution in [0.15, 0.2) is 71.1 Å². The summed E-state index contributed by atoms with van der Waals surface area (Å²) in [7, 11) is 3.01. The molecule has 1 heterocycles. The summed E-state index contributed by atoms with van der Waals surface area (Å²) in [5.41, 5.74) is 7.73. The normalized spacial score (nSPS) is 15.6. The molecule has 0 amide bonds. The second-order valence-electron chi connectivity index (χ2n) is 8.94. The first-order valence-electron chi connectivity index (χ1n) is 11.7. The highest BCUT2D eigenvalue weighted by atomic mass is 32.2. The zero-order valence-corrected chi connectivity index (χ0v) is 20.9. The van der Waals surface area contributed by atoms with Gasteiger partial charge < -0.3 is 9.47 Å². The number of allylic oxidation sites excluding steroid dienone is 1. The molecule has 3 aromatic rings. The molecule has 1 aliphatic heterocycles. The van der Waals surface area contributed by atoms with Gasteiger partial charge >= 0.3 is 5.97 Å². The molecule has 2 aliphatic rings. The van der Waals surface area contributed by atoms with Crippen molar-refractivity contribution in [2.75, 3.05) is 20.0 Å². The number of carbonyl (C=O) groups is 1. The average Bonchev–Trinajstić information content (AvgIpc) is 3.73. The van der Waals surface area contributed by atoms with Gasteiger partial charge in [0.1, 0.15) is 11.6 Å². The maximum atomic E-state index is 14.4. The van der Waals surface area contributed by atoms with E-state index in [1.165, 1.54) is 23.6 Å². The van der Waals surface area contributed by atoms with Crippen LogP contribution in [0.5, 0.6) is 5.75 Å². The SMILES string of the molecule is COC(=O)/C(C)=C(\c1ccc2c(c1)C=C(c1ccc(-c3cc(OC)ccc3F)cc1)CS2)C1CC1. The molecular formula is C30H27FO3S. The molecule has 5 rings (SSSR count). The molecule has 0 saturated heterocycles. The van der Waals surface area contributed by atoms with Gasteiger partial charge in [-0.15, -0.1) is 11.8 Å². The topological polar surface area (TPSA) is 35.5 Å². The van der Waals surface area contributed by atoms with Crippen molar-refractivity contribution in [2.45, 2.75) is 24.7 Å². The second kappa shape index (κ2) is 9.74. The summed E-state index contributed by atoms with van der Waals surface area (Å²) in [6.07, 6.45) is 4.45. The fourth-order valence-corrected chi connectivity index (χ4v) is 5.63. The minimum atomic E-state index is -0.269. The maximum Gasteiger partial charge on any atom is 0.333 e. The lowest BCUT2D eigenvalue weighted by atomic mass is 9.93. The molecule has 1 fully saturated rings. The molecule has 35 heavy (non-hydrogen) atoms. The predicted molar refractivity (Wildman–Crippen MR) is 141 cm³/mol. The van der Waals surface area contributed by atoms with Gasteiger partial charge in [0.2, 0.25) is 0 Å². The number of hydrogen-bond acceptors (Lipinski definition) is 4. The third-order valence-electron chi connectivity index (χ3n) is 6.66. The van der Waals surface area contributed by atoms with Gasteiger partial charge in [-0.05, 0) is 95.5 Å². The van der Waals surface area contributed by atoms with Gasteiger partial charge in [0.25, 0.3) is 0 Å². The fraction of sp³-hybridized carbons (Fsp3) is 0.233. The van der Waals surface area contributed by atoms with Crippen molar-refractivity contribution >= 4 is 35.0 Å². The summed E-state index contributed by atoms with van der Waals surface area (Å²) in [5, 5.41) is 0. The Balaban J connectivity index is 1.47. The summed E-state index contributed by atoms with van der Waals surface area (Å²) in [4.78, 5) is 13.5. The Morgan fingerprint density at radius 2 is 1.71 bits per heavy atom. The Hall–Kier alpha value is -3.31. The van der Waals surface area contributed by atoms with Crippen LogP contribution >= 0.6 is 11.8 Å². The Kier molecular flexibility index (Phi) is 6.52. The van der Waals surface area contributed by atoms with Crippen LogP contribution in [0.3, 0.4) is 0 Å². The molecule has 0 unspecified atom stereocenters. The van der Waals surface area contributed by atoms with Gasteiger partial charge in [-0.25, -0.2) is 9.18 Å². The molecule has 0 spiro atoms. The quantitative estimate of drug-likeness (QED) is 0.267. The lowest BCUT2D eigenvalue weighted by Crippen LogP contribution is -2.06. The van der Waals surface area contributed by atoms with E-state index in [0.29, 0.717) is 22.8 Å². The fourth-order valence-electron chi connectivity index (χ4n) is 4.62. The first kappa shape index (κ1) is 23.4. The highest BCUT2D eigenvalue weighted by molar-refractivity contribution is 7.99. The maximum absolute atomic E-state index is 14.4. The number of fused-ring (bicyclic) bond motifs is 1. The van der Waals surface area contributed by atoms with Crippen LogP contribution in [0.25, 0.3) is 28.3 Å². The number of ether oxygens (including phenoxy) is 2. The largest absolute Gasteiger partial charge is 0.497 e. The number of benzene rings is 3. The Bertz CT molecular complexity index is 1350. The molecule has 1 aliphatic carbocycles. The minimum absolute atomic E-state index is 0.261. The Labute approximate surface area is 209 Å². The van der Waals surface area contributed by atoms with Gasteiger partial charge in [0.15, 0.2) is 0 Å². The monoisotopic (exact) mass is 486 g/mol. The van der Waals surface area contributed by atoms with Crippen molar-refractivity contribution in [3.8, 4) is 16.9 Å². The van der Waals surface area contributed by atoms with Gasteiger partial charge in [-0.1, -0.05) is 30.3 Å². The molecular weight excluding hydrogens is 459 g/mol. The second-order valence-corrected chi connectivity index (χ2v) is 9.96. The predicted octanol–water partition coefficient (Wildman–Crippen LogP) is 7.50. The molecule has 0 atom stereocenters. The summed E-state index contributed by atoms with van der Waals surface area (Å²) in [6, 6.07) is 19.3. The van der Waals surface area contributed by atoms with E-state index in [1.54, 1.807) is 19.2 Å². The highest BCUT2D eigenvalue weighted by Crippen LogP contribution is 2.45. The number of esters is 1. The van der Waals surface area contributed by atoms with Gasteiger partial charge in [0, 0.05) is 21.8 Å². The molecule has 0 N–H and O–H groups in total. The number of hydrogen-bond donors (Lipinski definition) is 0. The summed E-state index contributed by atoms with van der Waals surface area (Å²) < 4.78 is 24.7. The van der Waals surface area contributed by atoms with Crippen LogP contribution < -0.4 is 4.74 Å². The lowest BCUT2D eigenvalue weighted by molar-refractivity contribution is -0.135. The third kappa shape index (κ3) is 4.78. The van der Waals surface area contributed by atoms with Crippen LogP contribution in [0.4, 0.5) is 4.39 Å². The Morgan fingerprint density at radius 3 is 2.40 bits per heavy atom. The van der Waals surface area contributed by atoms with Crippen LogP contribution in [0, 0.1) is 11.7 Å². The number of halogens is 1. The first-order valence-corrected chi connectivity index (χ1v) is 12.7. The van der Waals surface area contributed by atoms with Crippen LogP contribution in [-0.2, 0) is 9.53 Å². The molecule has 0 aromatic heterocycles. The molecule has 178 valence electrons. The summed E-state index contributed by atoms with van der Waals surface area (Å²) in [6.45, 7) is 1.86. The summed E-state index contributed by atoms with van der Waals surface area (Å²) >= 11 is 1.81. The lowest BCUT2D eigenvalue weighted by Gasteiger charge is -2.19. The van der Waals surface area contributed by atoms with Gasteiger partial charge in [-0.3, -0.25) is 0 Å². The number of carbonyl (C=O) groups excluding carboxylic acids is 1. The molecule has 1 saturated carbocycles. The van der Waals surface area contributed by atoms with Crippen molar-refractivity contribution in [1.29, 1.82) is 0 Å². The van der Waals surface area contributed by atoms with E-state index >= 15 is 0 Å². The van der Waals surface area contributed by atoms with E-state index in [4.69, 9.17) is 9.47 Å². The van der Waals surface area contributed by atoms with E-state index in [-0.39, 0.29) is 11.8 Å². The summed E-state index contributed by atoms with van der Waals surface area (Å²) in [5.74, 6) is 1.39. The smallest absolute Gasteiger partial charge is 0.333 e. The van der Waals surface area contributed by atoms with Crippen LogP contribution in [-0.4, -0.2) is 25.9 Å². The first-order chi connectivity index (χ1) is 17.0. The van der Waals surface area contributed by atoms with Crippen LogP contribution in [0.1, 0.15) is 36.5 Å². The zero-order chi connectivity index (χ0) is 24.5. The van der Waals surface area contributed by atoms with Crippen LogP contribution in [0.2, 0.25) is 0 Å². The molecule has 3 aromatic carbocycles. The van der Waals surface area contributed by atoms with Crippen molar-refractivity contribution in [3.05, 3.63) is 88.7 Å². The standard InChI is InChI=1S/C30H27FO3S/c1-18(30(32)34-3)29(21-8-9-21)22-10-13-28-23(14-22)15-24(17-35-28)19-4-6-20(7-5-19)26-16-25(33-2)11-12-27(26)31/h4-7,10-16,21H,8-9,17H2,1-3H3/b29-18-. The van der Waals surface area contributed by atoms with E-state index in [9.17, 15) is 9.18 Å². The van der Waals surface area contributed by atoms with E-state index in [0.717, 1.165) is 46.4 Å². The molecule has 3 nitrogen and oxygen atoms in total. The number of rotatable bonds is 6. The molecule has 5 heteroatoms. The molecule has 0 radical (unpaired) electrons. The van der Waals surface area contributed by atoms with Crippen molar-refractivity contribution in [1.82, 2.24) is 0 Å². The van der Waals surface area contributed by atoms with E-state index in [2.05, 4.69) is 24.3 Å². The zero-order valence-electron chi connectivity index (χ0n) is 20.1. The van der Waals surface area contributed by atoms with Gasteiger partial charge in [-0.2, -0.15) is 0 Å². The van der Waals surface area contributed by atoms with E-state index in [1.807, 2.05) is 43.0 Å². The number of methoxy groups -OCH3 is 2. The van der Waals surface area contributed by atoms with Crippen molar-refractivity contribution < 1.29 is 18.7 Å². The Morgan fingerprint density at radius 1 is 0.971 bits per heavy atom. The third-order valence-corrected chi connectivity index (χ3v) is 7.79. The average molecular weight is 487 g/mol. The van der Waals surface area contributed by atoms with Crippen molar-refractivity contribution in [2.24, 2.45) is 5.92 Å². The van der Waals surface area contributed by atoms with Crippen molar-refractivity contribution in [3.63, 3.8) is 0 Å². The highest BCUT2D eigenvalue weighted by Gasteiger charge is 2.31.